The number of carboxylic acid groups (broad SMARTS) is 1. The van der Waals surface area contributed by atoms with Crippen LogP contribution in [0.4, 0.5) is 15.9 Å². The van der Waals surface area contributed by atoms with Crippen LogP contribution in [0.25, 0.3) is 11.0 Å². The molecule has 0 aliphatic carbocycles. The molecule has 0 spiro atoms. The summed E-state index contributed by atoms with van der Waals surface area (Å²) in [5.41, 5.74) is 2.85. The third kappa shape index (κ3) is 3.76. The fourth-order valence-corrected chi connectivity index (χ4v) is 4.41. The highest BCUT2D eigenvalue weighted by Crippen LogP contribution is 2.39. The molecule has 160 valence electrons. The highest BCUT2D eigenvalue weighted by Gasteiger charge is 2.30. The summed E-state index contributed by atoms with van der Waals surface area (Å²) in [5, 5.41) is 9.65. The van der Waals surface area contributed by atoms with Gasteiger partial charge in [0.2, 0.25) is 0 Å². The third-order valence-corrected chi connectivity index (χ3v) is 5.88. The lowest BCUT2D eigenvalue weighted by atomic mass is 9.99. The van der Waals surface area contributed by atoms with Crippen molar-refractivity contribution in [1.82, 2.24) is 15.0 Å². The van der Waals surface area contributed by atoms with Crippen LogP contribution in [0.3, 0.4) is 0 Å². The summed E-state index contributed by atoms with van der Waals surface area (Å²) in [6.45, 7) is 3.45. The molecule has 2 saturated heterocycles. The van der Waals surface area contributed by atoms with Crippen molar-refractivity contribution in [2.24, 2.45) is 0 Å². The Morgan fingerprint density at radius 3 is 2.74 bits per heavy atom. The number of aromatic nitrogens is 3. The number of fused-ring (bicyclic) bond motifs is 1. The summed E-state index contributed by atoms with van der Waals surface area (Å²) < 4.78 is 19.3. The molecule has 1 aromatic carbocycles. The lowest BCUT2D eigenvalue weighted by Crippen LogP contribution is -2.36. The van der Waals surface area contributed by atoms with Crippen LogP contribution >= 0.6 is 0 Å². The van der Waals surface area contributed by atoms with Crippen LogP contribution in [-0.2, 0) is 4.74 Å². The SMILES string of the molecule is O=C(O)c1cc(C2CCCN2c2cncc(F)c2)c2nc(N3CCOCC3)cnc2c1. The average Bonchev–Trinajstić information content (AvgIpc) is 3.28. The molecule has 2 aliphatic rings. The Kier molecular flexibility index (Phi) is 5.11. The fourth-order valence-electron chi connectivity index (χ4n) is 4.41. The first kappa shape index (κ1) is 19.6. The van der Waals surface area contributed by atoms with E-state index in [-0.39, 0.29) is 11.6 Å². The molecule has 0 bridgehead atoms. The van der Waals surface area contributed by atoms with Gasteiger partial charge in [-0.3, -0.25) is 9.97 Å². The minimum absolute atomic E-state index is 0.139. The summed E-state index contributed by atoms with van der Waals surface area (Å²) in [4.78, 5) is 29.4. The number of ether oxygens (including phenoxy) is 1. The van der Waals surface area contributed by atoms with Crippen LogP contribution in [0.5, 0.6) is 0 Å². The van der Waals surface area contributed by atoms with Gasteiger partial charge in [-0.1, -0.05) is 0 Å². The Morgan fingerprint density at radius 1 is 1.13 bits per heavy atom. The fraction of sp³-hybridized carbons (Fsp3) is 0.364. The minimum atomic E-state index is -1.01. The Labute approximate surface area is 178 Å². The quantitative estimate of drug-likeness (QED) is 0.685. The molecule has 2 aromatic heterocycles. The van der Waals surface area contributed by atoms with Crippen molar-refractivity contribution in [3.8, 4) is 0 Å². The van der Waals surface area contributed by atoms with Gasteiger partial charge in [-0.2, -0.15) is 0 Å². The predicted molar refractivity (Wildman–Crippen MR) is 113 cm³/mol. The summed E-state index contributed by atoms with van der Waals surface area (Å²) in [6.07, 6.45) is 6.20. The number of aromatic carboxylic acids is 1. The van der Waals surface area contributed by atoms with Crippen LogP contribution in [0.1, 0.15) is 34.8 Å². The maximum absolute atomic E-state index is 13.8. The van der Waals surface area contributed by atoms with Crippen LogP contribution in [-0.4, -0.2) is 58.9 Å². The normalized spacial score (nSPS) is 19.2. The molecule has 0 radical (unpaired) electrons. The first-order chi connectivity index (χ1) is 15.1. The molecule has 1 N–H and O–H groups in total. The van der Waals surface area contributed by atoms with Crippen molar-refractivity contribution in [1.29, 1.82) is 0 Å². The van der Waals surface area contributed by atoms with Gasteiger partial charge in [0.1, 0.15) is 11.6 Å². The first-order valence-electron chi connectivity index (χ1n) is 10.3. The van der Waals surface area contributed by atoms with E-state index < -0.39 is 11.8 Å². The van der Waals surface area contributed by atoms with E-state index in [0.717, 1.165) is 43.9 Å². The number of halogens is 1. The molecule has 0 saturated carbocycles. The van der Waals surface area contributed by atoms with Crippen LogP contribution in [0.2, 0.25) is 0 Å². The van der Waals surface area contributed by atoms with Gasteiger partial charge in [0, 0.05) is 31.3 Å². The van der Waals surface area contributed by atoms with Crippen LogP contribution in [0.15, 0.2) is 36.8 Å². The molecule has 2 fully saturated rings. The van der Waals surface area contributed by atoms with E-state index in [1.165, 1.54) is 12.3 Å². The van der Waals surface area contributed by atoms with Gasteiger partial charge >= 0.3 is 5.97 Å². The van der Waals surface area contributed by atoms with E-state index in [1.807, 2.05) is 0 Å². The molecule has 31 heavy (non-hydrogen) atoms. The van der Waals surface area contributed by atoms with E-state index in [4.69, 9.17) is 9.72 Å². The summed E-state index contributed by atoms with van der Waals surface area (Å²) in [7, 11) is 0. The Bertz CT molecular complexity index is 1140. The van der Waals surface area contributed by atoms with Crippen molar-refractivity contribution in [3.05, 3.63) is 53.7 Å². The number of morpholine rings is 1. The second-order valence-electron chi connectivity index (χ2n) is 7.78. The van der Waals surface area contributed by atoms with Gasteiger partial charge in [-0.05, 0) is 25.0 Å². The number of pyridine rings is 1. The Morgan fingerprint density at radius 2 is 1.97 bits per heavy atom. The zero-order chi connectivity index (χ0) is 21.4. The lowest BCUT2D eigenvalue weighted by Gasteiger charge is -2.29. The number of carbonyl (C=O) groups is 1. The number of nitrogens with zero attached hydrogens (tertiary/aromatic N) is 5. The molecule has 1 unspecified atom stereocenters. The molecule has 2 aliphatic heterocycles. The van der Waals surface area contributed by atoms with Gasteiger partial charge in [-0.25, -0.2) is 14.2 Å². The highest BCUT2D eigenvalue weighted by molar-refractivity contribution is 5.94. The van der Waals surface area contributed by atoms with Gasteiger partial charge in [0.15, 0.2) is 0 Å². The van der Waals surface area contributed by atoms with Gasteiger partial charge in [0.25, 0.3) is 0 Å². The minimum Gasteiger partial charge on any atom is -0.478 e. The van der Waals surface area contributed by atoms with Crippen molar-refractivity contribution in [2.75, 3.05) is 42.6 Å². The van der Waals surface area contributed by atoms with E-state index >= 15 is 0 Å². The van der Waals surface area contributed by atoms with Gasteiger partial charge < -0.3 is 19.6 Å². The van der Waals surface area contributed by atoms with E-state index in [1.54, 1.807) is 24.5 Å². The Hall–Kier alpha value is -3.33. The summed E-state index contributed by atoms with van der Waals surface area (Å²) in [6, 6.07) is 4.55. The second kappa shape index (κ2) is 8.07. The zero-order valence-electron chi connectivity index (χ0n) is 16.9. The summed E-state index contributed by atoms with van der Waals surface area (Å²) in [5.74, 6) is -0.669. The van der Waals surface area contributed by atoms with Crippen LogP contribution in [0, 0.1) is 5.82 Å². The van der Waals surface area contributed by atoms with Crippen molar-refractivity contribution >= 4 is 28.5 Å². The number of hydrogen-bond donors (Lipinski definition) is 1. The topological polar surface area (TPSA) is 91.7 Å². The van der Waals surface area contributed by atoms with Gasteiger partial charge in [-0.15, -0.1) is 0 Å². The second-order valence-corrected chi connectivity index (χ2v) is 7.78. The predicted octanol–water partition coefficient (Wildman–Crippen LogP) is 3.04. The van der Waals surface area contributed by atoms with Crippen LogP contribution < -0.4 is 9.80 Å². The molecular weight excluding hydrogens is 401 g/mol. The maximum Gasteiger partial charge on any atom is 0.335 e. The highest BCUT2D eigenvalue weighted by atomic mass is 19.1. The number of rotatable bonds is 4. The number of benzene rings is 1. The molecule has 5 rings (SSSR count). The molecular formula is C22H22FN5O3. The van der Waals surface area contributed by atoms with Gasteiger partial charge in [0.05, 0.1) is 60.1 Å². The van der Waals surface area contributed by atoms with Crippen molar-refractivity contribution < 1.29 is 19.0 Å². The molecule has 9 heteroatoms. The molecule has 0 amide bonds. The van der Waals surface area contributed by atoms with E-state index in [9.17, 15) is 14.3 Å². The van der Waals surface area contributed by atoms with E-state index in [0.29, 0.717) is 29.9 Å². The summed E-state index contributed by atoms with van der Waals surface area (Å²) >= 11 is 0. The largest absolute Gasteiger partial charge is 0.478 e. The first-order valence-corrected chi connectivity index (χ1v) is 10.3. The monoisotopic (exact) mass is 423 g/mol. The van der Waals surface area contributed by atoms with E-state index in [2.05, 4.69) is 19.8 Å². The average molecular weight is 423 g/mol. The number of anilines is 2. The molecule has 3 aromatic rings. The number of hydrogen-bond acceptors (Lipinski definition) is 7. The van der Waals surface area contributed by atoms with Crippen molar-refractivity contribution in [3.63, 3.8) is 0 Å². The third-order valence-electron chi connectivity index (χ3n) is 5.88. The standard InChI is InChI=1S/C22H22FN5O3/c23-15-10-16(12-24-11-15)28-3-1-2-19(28)17-8-14(22(29)30)9-18-21(17)26-20(13-25-18)27-4-6-31-7-5-27/h8-13,19H,1-7H2,(H,29,30). The number of carboxylic acids is 1. The van der Waals surface area contributed by atoms with Crippen molar-refractivity contribution in [2.45, 2.75) is 18.9 Å². The molecule has 1 atom stereocenters. The lowest BCUT2D eigenvalue weighted by molar-refractivity contribution is 0.0697. The molecule has 8 nitrogen and oxygen atoms in total. The Balaban J connectivity index is 1.63. The smallest absolute Gasteiger partial charge is 0.335 e. The zero-order valence-corrected chi connectivity index (χ0v) is 16.9. The molecule has 4 heterocycles. The maximum atomic E-state index is 13.8.